The van der Waals surface area contributed by atoms with Crippen molar-refractivity contribution in [3.8, 4) is 5.69 Å². The SMILES string of the molecule is Cc1nn(-c2ccc(C(N)=O)c(NCC3CCN(C(=O)O)CC3)c2)c2c1C(=O)CC(C)(C)C2. The maximum absolute atomic E-state index is 12.8. The summed E-state index contributed by atoms with van der Waals surface area (Å²) in [7, 11) is 0. The minimum Gasteiger partial charge on any atom is -0.465 e. The second kappa shape index (κ2) is 8.53. The van der Waals surface area contributed by atoms with Gasteiger partial charge < -0.3 is 21.1 Å². The van der Waals surface area contributed by atoms with Crippen LogP contribution in [0.4, 0.5) is 10.5 Å². The molecule has 2 aromatic rings. The van der Waals surface area contributed by atoms with Crippen LogP contribution in [0.25, 0.3) is 5.69 Å². The molecule has 2 aliphatic rings. The van der Waals surface area contributed by atoms with E-state index >= 15 is 0 Å². The number of anilines is 1. The Kier molecular flexibility index (Phi) is 5.90. The highest BCUT2D eigenvalue weighted by atomic mass is 16.4. The van der Waals surface area contributed by atoms with E-state index in [0.29, 0.717) is 54.5 Å². The average Bonchev–Trinajstić information content (AvgIpc) is 3.07. The molecule has 9 heteroatoms. The number of rotatable bonds is 5. The lowest BCUT2D eigenvalue weighted by molar-refractivity contribution is 0.0909. The van der Waals surface area contributed by atoms with Crippen molar-refractivity contribution in [3.63, 3.8) is 0 Å². The second-order valence-electron chi connectivity index (χ2n) is 9.95. The van der Waals surface area contributed by atoms with Gasteiger partial charge in [-0.05, 0) is 55.7 Å². The number of ketones is 1. The van der Waals surface area contributed by atoms with Crippen molar-refractivity contribution in [1.82, 2.24) is 14.7 Å². The number of amides is 2. The van der Waals surface area contributed by atoms with Crippen LogP contribution in [0, 0.1) is 18.3 Å². The number of piperidine rings is 1. The first kappa shape index (κ1) is 22.8. The van der Waals surface area contributed by atoms with Crippen molar-refractivity contribution in [3.05, 3.63) is 40.7 Å². The highest BCUT2D eigenvalue weighted by molar-refractivity contribution is 6.00. The first-order chi connectivity index (χ1) is 15.6. The summed E-state index contributed by atoms with van der Waals surface area (Å²) in [6.07, 6.45) is 1.87. The number of nitrogens with one attached hydrogen (secondary N) is 1. The van der Waals surface area contributed by atoms with Gasteiger partial charge in [0.25, 0.3) is 5.91 Å². The molecule has 0 unspecified atom stereocenters. The number of benzene rings is 1. The predicted molar refractivity (Wildman–Crippen MR) is 124 cm³/mol. The largest absolute Gasteiger partial charge is 0.465 e. The van der Waals surface area contributed by atoms with Gasteiger partial charge in [0.2, 0.25) is 0 Å². The molecular weight excluding hydrogens is 422 g/mol. The molecule has 0 bridgehead atoms. The number of carbonyl (C=O) groups excluding carboxylic acids is 2. The Morgan fingerprint density at radius 2 is 1.94 bits per heavy atom. The topological polar surface area (TPSA) is 131 Å². The molecule has 2 heterocycles. The number of nitrogens with two attached hydrogens (primary N) is 1. The van der Waals surface area contributed by atoms with Gasteiger partial charge in [0, 0.05) is 31.7 Å². The van der Waals surface area contributed by atoms with Crippen LogP contribution in [0.5, 0.6) is 0 Å². The molecule has 176 valence electrons. The van der Waals surface area contributed by atoms with Crippen molar-refractivity contribution >= 4 is 23.5 Å². The van der Waals surface area contributed by atoms with Gasteiger partial charge in [-0.15, -0.1) is 0 Å². The first-order valence-electron chi connectivity index (χ1n) is 11.3. The van der Waals surface area contributed by atoms with Crippen LogP contribution < -0.4 is 11.1 Å². The van der Waals surface area contributed by atoms with E-state index in [1.54, 1.807) is 12.1 Å². The third kappa shape index (κ3) is 4.58. The fraction of sp³-hybridized carbons (Fsp3) is 0.500. The summed E-state index contributed by atoms with van der Waals surface area (Å²) in [5.74, 6) is -0.118. The first-order valence-corrected chi connectivity index (χ1v) is 11.3. The molecule has 0 radical (unpaired) electrons. The lowest BCUT2D eigenvalue weighted by Gasteiger charge is -2.30. The number of carboxylic acid groups (broad SMARTS) is 1. The standard InChI is InChI=1S/C24H31N5O4/c1-14-21-19(11-24(2,3)12-20(21)30)29(27-14)16-4-5-17(22(25)31)18(10-16)26-13-15-6-8-28(9-7-15)23(32)33/h4-5,10,15,26H,6-9,11-13H2,1-3H3,(H2,25,31)(H,32,33). The van der Waals surface area contributed by atoms with Crippen LogP contribution in [-0.4, -0.2) is 57.2 Å². The Bertz CT molecular complexity index is 1110. The maximum Gasteiger partial charge on any atom is 0.407 e. The number of hydrogen-bond donors (Lipinski definition) is 3. The van der Waals surface area contributed by atoms with Gasteiger partial charge in [-0.1, -0.05) is 13.8 Å². The highest BCUT2D eigenvalue weighted by Crippen LogP contribution is 2.37. The van der Waals surface area contributed by atoms with E-state index in [-0.39, 0.29) is 11.2 Å². The van der Waals surface area contributed by atoms with Crippen molar-refractivity contribution in [2.75, 3.05) is 25.0 Å². The lowest BCUT2D eigenvalue weighted by Crippen LogP contribution is -2.39. The van der Waals surface area contributed by atoms with Crippen molar-refractivity contribution in [1.29, 1.82) is 0 Å². The predicted octanol–water partition coefficient (Wildman–Crippen LogP) is 3.24. The summed E-state index contributed by atoms with van der Waals surface area (Å²) >= 11 is 0. The molecule has 0 spiro atoms. The van der Waals surface area contributed by atoms with E-state index in [1.165, 1.54) is 4.90 Å². The van der Waals surface area contributed by atoms with Crippen LogP contribution in [0.15, 0.2) is 18.2 Å². The third-order valence-corrected chi connectivity index (χ3v) is 6.70. The molecule has 1 aromatic carbocycles. The molecule has 1 saturated heterocycles. The van der Waals surface area contributed by atoms with Crippen molar-refractivity contribution in [2.45, 2.75) is 46.5 Å². The van der Waals surface area contributed by atoms with Crippen molar-refractivity contribution < 1.29 is 19.5 Å². The molecular formula is C24H31N5O4. The number of likely N-dealkylation sites (tertiary alicyclic amines) is 1. The second-order valence-corrected chi connectivity index (χ2v) is 9.95. The molecule has 0 saturated carbocycles. The van der Waals surface area contributed by atoms with Crippen LogP contribution in [0.2, 0.25) is 0 Å². The Balaban J connectivity index is 1.60. The summed E-state index contributed by atoms with van der Waals surface area (Å²) in [5, 5.41) is 17.1. The number of fused-ring (bicyclic) bond motifs is 1. The van der Waals surface area contributed by atoms with E-state index in [1.807, 2.05) is 17.7 Å². The van der Waals surface area contributed by atoms with E-state index in [4.69, 9.17) is 10.8 Å². The number of hydrogen-bond acceptors (Lipinski definition) is 5. The summed E-state index contributed by atoms with van der Waals surface area (Å²) in [6, 6.07) is 5.34. The fourth-order valence-electron chi connectivity index (χ4n) is 4.96. The number of primary amides is 1. The van der Waals surface area contributed by atoms with Crippen LogP contribution in [0.1, 0.15) is 65.2 Å². The van der Waals surface area contributed by atoms with Gasteiger partial charge in [0.1, 0.15) is 0 Å². The monoisotopic (exact) mass is 453 g/mol. The fourth-order valence-corrected chi connectivity index (χ4v) is 4.96. The van der Waals surface area contributed by atoms with E-state index in [2.05, 4.69) is 24.3 Å². The summed E-state index contributed by atoms with van der Waals surface area (Å²) in [6.45, 7) is 7.64. The number of aryl methyl sites for hydroxylation is 1. The Hall–Kier alpha value is -3.36. The molecule has 4 rings (SSSR count). The Labute approximate surface area is 192 Å². The maximum atomic E-state index is 12.8. The van der Waals surface area contributed by atoms with Gasteiger partial charge in [0.05, 0.1) is 28.2 Å². The van der Waals surface area contributed by atoms with Gasteiger partial charge in [-0.25, -0.2) is 9.48 Å². The van der Waals surface area contributed by atoms with Gasteiger partial charge in [-0.2, -0.15) is 5.10 Å². The minimum atomic E-state index is -0.885. The molecule has 1 aliphatic heterocycles. The van der Waals surface area contributed by atoms with Crippen LogP contribution in [-0.2, 0) is 6.42 Å². The normalized spacial score (nSPS) is 18.2. The zero-order valence-electron chi connectivity index (χ0n) is 19.4. The molecule has 33 heavy (non-hydrogen) atoms. The number of carbonyl (C=O) groups is 3. The molecule has 1 aliphatic carbocycles. The molecule has 2 amide bonds. The molecule has 4 N–H and O–H groups in total. The molecule has 1 aromatic heterocycles. The van der Waals surface area contributed by atoms with Crippen molar-refractivity contribution in [2.24, 2.45) is 17.1 Å². The number of aromatic nitrogens is 2. The Morgan fingerprint density at radius 1 is 1.24 bits per heavy atom. The van der Waals surface area contributed by atoms with Crippen LogP contribution in [0.3, 0.4) is 0 Å². The quantitative estimate of drug-likeness (QED) is 0.637. The van der Waals surface area contributed by atoms with Crippen LogP contribution >= 0.6 is 0 Å². The zero-order chi connectivity index (χ0) is 23.9. The van der Waals surface area contributed by atoms with E-state index in [9.17, 15) is 14.4 Å². The highest BCUT2D eigenvalue weighted by Gasteiger charge is 2.35. The van der Waals surface area contributed by atoms with E-state index in [0.717, 1.165) is 30.6 Å². The zero-order valence-corrected chi connectivity index (χ0v) is 19.4. The smallest absolute Gasteiger partial charge is 0.407 e. The average molecular weight is 454 g/mol. The number of Topliss-reactive ketones (excluding diaryl/α,β-unsaturated/α-hetero) is 1. The Morgan fingerprint density at radius 3 is 2.58 bits per heavy atom. The third-order valence-electron chi connectivity index (χ3n) is 6.70. The number of nitrogens with zero attached hydrogens (tertiary/aromatic N) is 3. The van der Waals surface area contributed by atoms with E-state index < -0.39 is 12.0 Å². The molecule has 0 atom stereocenters. The van der Waals surface area contributed by atoms with Gasteiger partial charge >= 0.3 is 6.09 Å². The molecule has 1 fully saturated rings. The lowest BCUT2D eigenvalue weighted by atomic mass is 9.75. The molecule has 9 nitrogen and oxygen atoms in total. The van der Waals surface area contributed by atoms with Gasteiger partial charge in [-0.3, -0.25) is 9.59 Å². The summed E-state index contributed by atoms with van der Waals surface area (Å²) < 4.78 is 1.81. The summed E-state index contributed by atoms with van der Waals surface area (Å²) in [5.41, 5.74) is 9.54. The van der Waals surface area contributed by atoms with Gasteiger partial charge in [0.15, 0.2) is 5.78 Å². The minimum absolute atomic E-state index is 0.116. The summed E-state index contributed by atoms with van der Waals surface area (Å²) in [4.78, 5) is 37.4.